The molecule has 0 saturated carbocycles. The molecule has 2 heterocycles. The summed E-state index contributed by atoms with van der Waals surface area (Å²) in [4.78, 5) is 18.7. The minimum atomic E-state index is 0.0701. The highest BCUT2D eigenvalue weighted by molar-refractivity contribution is 5.78. The molecular weight excluding hydrogens is 270 g/mol. The minimum absolute atomic E-state index is 0.0701. The Bertz CT molecular complexity index is 453. The van der Waals surface area contributed by atoms with Crippen molar-refractivity contribution in [2.45, 2.75) is 46.6 Å². The van der Waals surface area contributed by atoms with Gasteiger partial charge in [-0.15, -0.1) is 0 Å². The van der Waals surface area contributed by atoms with Crippen molar-refractivity contribution in [2.75, 3.05) is 19.8 Å². The maximum atomic E-state index is 12.5. The average Bonchev–Trinajstić information content (AvgIpc) is 2.91. The molecular formula is C15H25N3O3. The van der Waals surface area contributed by atoms with Crippen molar-refractivity contribution >= 4 is 5.91 Å². The number of carbonyl (C=O) groups excluding carboxylic acids is 1. The van der Waals surface area contributed by atoms with E-state index in [0.29, 0.717) is 43.9 Å². The highest BCUT2D eigenvalue weighted by atomic mass is 16.5. The van der Waals surface area contributed by atoms with Gasteiger partial charge >= 0.3 is 0 Å². The predicted octanol–water partition coefficient (Wildman–Crippen LogP) is 2.04. The average molecular weight is 295 g/mol. The Balaban J connectivity index is 1.94. The Morgan fingerprint density at radius 2 is 2.10 bits per heavy atom. The first-order valence-electron chi connectivity index (χ1n) is 7.78. The van der Waals surface area contributed by atoms with Crippen molar-refractivity contribution in [2.24, 2.45) is 11.8 Å². The monoisotopic (exact) mass is 295 g/mol. The van der Waals surface area contributed by atoms with E-state index in [1.807, 2.05) is 6.92 Å². The molecule has 118 valence electrons. The van der Waals surface area contributed by atoms with Gasteiger partial charge in [0.2, 0.25) is 11.8 Å². The second-order valence-electron chi connectivity index (χ2n) is 5.94. The number of aromatic nitrogens is 2. The maximum Gasteiger partial charge on any atom is 0.226 e. The zero-order valence-corrected chi connectivity index (χ0v) is 13.2. The number of hydrogen-bond donors (Lipinski definition) is 0. The van der Waals surface area contributed by atoms with Crippen molar-refractivity contribution in [1.29, 1.82) is 0 Å². The first kappa shape index (κ1) is 15.9. The number of amides is 1. The topological polar surface area (TPSA) is 68.5 Å². The molecule has 0 spiro atoms. The van der Waals surface area contributed by atoms with Gasteiger partial charge in [0.25, 0.3) is 0 Å². The zero-order chi connectivity index (χ0) is 15.2. The third-order valence-corrected chi connectivity index (χ3v) is 3.69. The summed E-state index contributed by atoms with van der Waals surface area (Å²) in [5.74, 6) is 1.96. The molecule has 1 aromatic heterocycles. The van der Waals surface area contributed by atoms with Crippen LogP contribution >= 0.6 is 0 Å². The minimum Gasteiger partial charge on any atom is -0.381 e. The number of carbonyl (C=O) groups is 1. The summed E-state index contributed by atoms with van der Waals surface area (Å²) >= 11 is 0. The smallest absolute Gasteiger partial charge is 0.226 e. The fourth-order valence-corrected chi connectivity index (χ4v) is 2.51. The molecule has 1 saturated heterocycles. The van der Waals surface area contributed by atoms with Gasteiger partial charge in [0.15, 0.2) is 5.82 Å². The highest BCUT2D eigenvalue weighted by Gasteiger charge is 2.26. The molecule has 2 rings (SSSR count). The van der Waals surface area contributed by atoms with Gasteiger partial charge in [0, 0.05) is 32.1 Å². The van der Waals surface area contributed by atoms with Gasteiger partial charge in [-0.25, -0.2) is 0 Å². The molecule has 1 aromatic rings. The van der Waals surface area contributed by atoms with Gasteiger partial charge in [-0.05, 0) is 25.7 Å². The summed E-state index contributed by atoms with van der Waals surface area (Å²) in [6.07, 6.45) is 2.38. The number of rotatable bonds is 6. The van der Waals surface area contributed by atoms with E-state index in [9.17, 15) is 4.79 Å². The van der Waals surface area contributed by atoms with Crippen LogP contribution in [-0.4, -0.2) is 40.7 Å². The van der Waals surface area contributed by atoms with Gasteiger partial charge in [-0.2, -0.15) is 4.98 Å². The van der Waals surface area contributed by atoms with E-state index in [1.165, 1.54) is 0 Å². The largest absolute Gasteiger partial charge is 0.381 e. The van der Waals surface area contributed by atoms with Crippen molar-refractivity contribution in [3.8, 4) is 0 Å². The highest BCUT2D eigenvalue weighted by Crippen LogP contribution is 2.18. The zero-order valence-electron chi connectivity index (χ0n) is 13.2. The second-order valence-corrected chi connectivity index (χ2v) is 5.94. The fraction of sp³-hybridized carbons (Fsp3) is 0.800. The summed E-state index contributed by atoms with van der Waals surface area (Å²) in [5, 5.41) is 3.98. The summed E-state index contributed by atoms with van der Waals surface area (Å²) in [6, 6.07) is 0. The lowest BCUT2D eigenvalue weighted by atomic mass is 9.98. The predicted molar refractivity (Wildman–Crippen MR) is 77.5 cm³/mol. The van der Waals surface area contributed by atoms with E-state index in [2.05, 4.69) is 24.0 Å². The molecule has 1 aliphatic rings. The van der Waals surface area contributed by atoms with Gasteiger partial charge in [0.1, 0.15) is 0 Å². The lowest BCUT2D eigenvalue weighted by Gasteiger charge is -2.27. The SMILES string of the molecule is CCN(Cc1noc(CC(C)C)n1)C(=O)C1CCOCC1. The van der Waals surface area contributed by atoms with Crippen LogP contribution in [0.4, 0.5) is 0 Å². The Hall–Kier alpha value is -1.43. The lowest BCUT2D eigenvalue weighted by molar-refractivity contribution is -0.139. The Morgan fingerprint density at radius 1 is 1.38 bits per heavy atom. The summed E-state index contributed by atoms with van der Waals surface area (Å²) in [6.45, 7) is 8.63. The third-order valence-electron chi connectivity index (χ3n) is 3.69. The molecule has 0 bridgehead atoms. The maximum absolute atomic E-state index is 12.5. The molecule has 1 fully saturated rings. The van der Waals surface area contributed by atoms with Gasteiger partial charge in [0.05, 0.1) is 6.54 Å². The van der Waals surface area contributed by atoms with Crippen molar-refractivity contribution in [1.82, 2.24) is 15.0 Å². The third kappa shape index (κ3) is 4.52. The van der Waals surface area contributed by atoms with Crippen molar-refractivity contribution in [3.63, 3.8) is 0 Å². The molecule has 0 atom stereocenters. The van der Waals surface area contributed by atoms with E-state index < -0.39 is 0 Å². The van der Waals surface area contributed by atoms with Gasteiger partial charge < -0.3 is 14.2 Å². The summed E-state index contributed by atoms with van der Waals surface area (Å²) in [7, 11) is 0. The number of ether oxygens (including phenoxy) is 1. The Kier molecular flexibility index (Phi) is 5.73. The first-order chi connectivity index (χ1) is 10.1. The number of hydrogen-bond acceptors (Lipinski definition) is 5. The standard InChI is InChI=1S/C15H25N3O3/c1-4-18(15(19)12-5-7-20-8-6-12)10-13-16-14(21-17-13)9-11(2)3/h11-12H,4-10H2,1-3H3. The van der Waals surface area contributed by atoms with Crippen LogP contribution in [0.3, 0.4) is 0 Å². The molecule has 6 nitrogen and oxygen atoms in total. The molecule has 0 aliphatic carbocycles. The Morgan fingerprint density at radius 3 is 2.71 bits per heavy atom. The molecule has 0 unspecified atom stereocenters. The molecule has 21 heavy (non-hydrogen) atoms. The summed E-state index contributed by atoms with van der Waals surface area (Å²) in [5.41, 5.74) is 0. The van der Waals surface area contributed by atoms with Crippen LogP contribution in [0.2, 0.25) is 0 Å². The Labute approximate surface area is 125 Å². The normalized spacial score (nSPS) is 16.4. The summed E-state index contributed by atoms with van der Waals surface area (Å²) < 4.78 is 10.5. The molecule has 1 amide bonds. The van der Waals surface area contributed by atoms with E-state index in [-0.39, 0.29) is 11.8 Å². The van der Waals surface area contributed by atoms with E-state index >= 15 is 0 Å². The molecule has 0 radical (unpaired) electrons. The lowest BCUT2D eigenvalue weighted by Crippen LogP contribution is -2.38. The van der Waals surface area contributed by atoms with Crippen molar-refractivity contribution < 1.29 is 14.1 Å². The van der Waals surface area contributed by atoms with Crippen LogP contribution in [0.5, 0.6) is 0 Å². The quantitative estimate of drug-likeness (QED) is 0.803. The van der Waals surface area contributed by atoms with Crippen LogP contribution in [0.15, 0.2) is 4.52 Å². The van der Waals surface area contributed by atoms with Gasteiger partial charge in [-0.1, -0.05) is 19.0 Å². The van der Waals surface area contributed by atoms with E-state index in [0.717, 1.165) is 19.3 Å². The van der Waals surface area contributed by atoms with Crippen LogP contribution in [0.1, 0.15) is 45.3 Å². The fourth-order valence-electron chi connectivity index (χ4n) is 2.51. The van der Waals surface area contributed by atoms with Crippen LogP contribution in [0, 0.1) is 11.8 Å². The molecule has 0 N–H and O–H groups in total. The van der Waals surface area contributed by atoms with E-state index in [4.69, 9.17) is 9.26 Å². The second kappa shape index (κ2) is 7.54. The van der Waals surface area contributed by atoms with E-state index in [1.54, 1.807) is 4.90 Å². The van der Waals surface area contributed by atoms with Crippen LogP contribution < -0.4 is 0 Å². The molecule has 1 aliphatic heterocycles. The van der Waals surface area contributed by atoms with Gasteiger partial charge in [-0.3, -0.25) is 4.79 Å². The molecule has 6 heteroatoms. The number of nitrogens with zero attached hydrogens (tertiary/aromatic N) is 3. The van der Waals surface area contributed by atoms with Crippen LogP contribution in [-0.2, 0) is 22.5 Å². The van der Waals surface area contributed by atoms with Crippen LogP contribution in [0.25, 0.3) is 0 Å². The molecule has 0 aromatic carbocycles. The first-order valence-corrected chi connectivity index (χ1v) is 7.78. The van der Waals surface area contributed by atoms with Crippen molar-refractivity contribution in [3.05, 3.63) is 11.7 Å².